The highest BCUT2D eigenvalue weighted by Gasteiger charge is 2.17. The van der Waals surface area contributed by atoms with Crippen LogP contribution in [-0.2, 0) is 11.3 Å². The Hall–Kier alpha value is -2.57. The molecular formula is C17H22FN3O3. The van der Waals surface area contributed by atoms with Crippen LogP contribution in [0.15, 0.2) is 30.6 Å². The van der Waals surface area contributed by atoms with Gasteiger partial charge in [0.2, 0.25) is 5.91 Å². The molecule has 0 radical (unpaired) electrons. The highest BCUT2D eigenvalue weighted by Crippen LogP contribution is 2.32. The average Bonchev–Trinajstić information content (AvgIpc) is 3.07. The summed E-state index contributed by atoms with van der Waals surface area (Å²) in [6.45, 7) is 2.40. The van der Waals surface area contributed by atoms with Crippen molar-refractivity contribution < 1.29 is 18.7 Å². The molecule has 130 valence electrons. The Kier molecular flexibility index (Phi) is 6.17. The van der Waals surface area contributed by atoms with Crippen molar-refractivity contribution in [2.24, 2.45) is 0 Å². The predicted octanol–water partition coefficient (Wildman–Crippen LogP) is 2.70. The van der Waals surface area contributed by atoms with Gasteiger partial charge in [-0.3, -0.25) is 9.48 Å². The Morgan fingerprint density at radius 2 is 2.04 bits per heavy atom. The summed E-state index contributed by atoms with van der Waals surface area (Å²) in [6.07, 6.45) is 4.55. The fourth-order valence-electron chi connectivity index (χ4n) is 2.43. The smallest absolute Gasteiger partial charge is 0.220 e. The predicted molar refractivity (Wildman–Crippen MR) is 87.5 cm³/mol. The summed E-state index contributed by atoms with van der Waals surface area (Å²) >= 11 is 0. The molecule has 0 saturated carbocycles. The normalized spacial score (nSPS) is 11.8. The van der Waals surface area contributed by atoms with E-state index in [2.05, 4.69) is 10.4 Å². The molecule has 0 aliphatic heterocycles. The largest absolute Gasteiger partial charge is 0.493 e. The molecule has 2 rings (SSSR count). The van der Waals surface area contributed by atoms with Crippen LogP contribution in [0.25, 0.3) is 0 Å². The highest BCUT2D eigenvalue weighted by atomic mass is 19.1. The molecule has 0 fully saturated rings. The van der Waals surface area contributed by atoms with Gasteiger partial charge in [0.05, 0.1) is 20.3 Å². The van der Waals surface area contributed by atoms with Crippen LogP contribution in [0.2, 0.25) is 0 Å². The molecule has 24 heavy (non-hydrogen) atoms. The molecule has 1 heterocycles. The van der Waals surface area contributed by atoms with Crippen molar-refractivity contribution in [1.82, 2.24) is 15.1 Å². The van der Waals surface area contributed by atoms with Crippen molar-refractivity contribution in [2.45, 2.75) is 32.4 Å². The molecule has 0 aliphatic carbocycles. The van der Waals surface area contributed by atoms with Gasteiger partial charge in [-0.25, -0.2) is 4.39 Å². The summed E-state index contributed by atoms with van der Waals surface area (Å²) in [5.74, 6) is 0.158. The number of aryl methyl sites for hydroxylation is 1. The number of hydrogen-bond donors (Lipinski definition) is 1. The lowest BCUT2D eigenvalue weighted by Crippen LogP contribution is -2.27. The number of amides is 1. The van der Waals surface area contributed by atoms with Gasteiger partial charge in [-0.2, -0.15) is 5.10 Å². The number of ether oxygens (including phenoxy) is 2. The van der Waals surface area contributed by atoms with Crippen molar-refractivity contribution in [2.75, 3.05) is 14.2 Å². The topological polar surface area (TPSA) is 65.4 Å². The first-order valence-electron chi connectivity index (χ1n) is 7.73. The number of hydrogen-bond acceptors (Lipinski definition) is 4. The van der Waals surface area contributed by atoms with E-state index >= 15 is 0 Å². The molecule has 0 saturated heterocycles. The van der Waals surface area contributed by atoms with Gasteiger partial charge in [0.1, 0.15) is 5.82 Å². The van der Waals surface area contributed by atoms with E-state index in [0.29, 0.717) is 36.4 Å². The van der Waals surface area contributed by atoms with Crippen LogP contribution in [0.3, 0.4) is 0 Å². The molecule has 1 aromatic heterocycles. The summed E-state index contributed by atoms with van der Waals surface area (Å²) in [5.41, 5.74) is 0.355. The standard InChI is InChI=1S/C17H22FN3O3/c1-12(13-10-15(23-2)16(24-3)11-14(13)18)20-17(22)6-4-8-21-9-5-7-19-21/h5,7,9-12H,4,6,8H2,1-3H3,(H,20,22)/t12-/m0/s1. The molecule has 0 bridgehead atoms. The number of aromatic nitrogens is 2. The Balaban J connectivity index is 1.93. The lowest BCUT2D eigenvalue weighted by molar-refractivity contribution is -0.121. The van der Waals surface area contributed by atoms with Crippen LogP contribution in [0.1, 0.15) is 31.4 Å². The Morgan fingerprint density at radius 1 is 1.33 bits per heavy atom. The lowest BCUT2D eigenvalue weighted by atomic mass is 10.1. The molecule has 1 amide bonds. The number of rotatable bonds is 8. The fourth-order valence-corrected chi connectivity index (χ4v) is 2.43. The van der Waals surface area contributed by atoms with Crippen LogP contribution in [0.5, 0.6) is 11.5 Å². The molecule has 7 heteroatoms. The van der Waals surface area contributed by atoms with Crippen LogP contribution < -0.4 is 14.8 Å². The zero-order chi connectivity index (χ0) is 17.5. The number of nitrogens with zero attached hydrogens (tertiary/aromatic N) is 2. The van der Waals surface area contributed by atoms with E-state index in [0.717, 1.165) is 0 Å². The number of nitrogens with one attached hydrogen (secondary N) is 1. The molecule has 1 aromatic carbocycles. The number of halogens is 1. The number of carbonyl (C=O) groups is 1. The molecule has 0 aliphatic rings. The fraction of sp³-hybridized carbons (Fsp3) is 0.412. The van der Waals surface area contributed by atoms with E-state index in [9.17, 15) is 9.18 Å². The van der Waals surface area contributed by atoms with Crippen LogP contribution in [0.4, 0.5) is 4.39 Å². The van der Waals surface area contributed by atoms with Crippen molar-refractivity contribution in [1.29, 1.82) is 0 Å². The maximum Gasteiger partial charge on any atom is 0.220 e. The zero-order valence-corrected chi connectivity index (χ0v) is 14.1. The monoisotopic (exact) mass is 335 g/mol. The SMILES string of the molecule is COc1cc(F)c([C@H](C)NC(=O)CCCn2cccn2)cc1OC. The van der Waals surface area contributed by atoms with Crippen molar-refractivity contribution in [3.63, 3.8) is 0 Å². The maximum atomic E-state index is 14.2. The summed E-state index contributed by atoms with van der Waals surface area (Å²) < 4.78 is 26.2. The highest BCUT2D eigenvalue weighted by molar-refractivity contribution is 5.76. The van der Waals surface area contributed by atoms with E-state index in [4.69, 9.17) is 9.47 Å². The number of benzene rings is 1. The van der Waals surface area contributed by atoms with Crippen LogP contribution >= 0.6 is 0 Å². The average molecular weight is 335 g/mol. The molecular weight excluding hydrogens is 313 g/mol. The Morgan fingerprint density at radius 3 is 2.67 bits per heavy atom. The van der Waals surface area contributed by atoms with E-state index in [1.54, 1.807) is 23.9 Å². The van der Waals surface area contributed by atoms with Gasteiger partial charge in [-0.05, 0) is 25.5 Å². The summed E-state index contributed by atoms with van der Waals surface area (Å²) in [6, 6.07) is 4.17. The summed E-state index contributed by atoms with van der Waals surface area (Å²) in [5, 5.41) is 6.88. The van der Waals surface area contributed by atoms with E-state index in [-0.39, 0.29) is 5.91 Å². The first kappa shape index (κ1) is 17.8. The summed E-state index contributed by atoms with van der Waals surface area (Å²) in [7, 11) is 2.93. The van der Waals surface area contributed by atoms with E-state index in [1.165, 1.54) is 20.3 Å². The zero-order valence-electron chi connectivity index (χ0n) is 14.1. The molecule has 2 aromatic rings. The van der Waals surface area contributed by atoms with Gasteiger partial charge in [-0.1, -0.05) is 0 Å². The van der Waals surface area contributed by atoms with E-state index in [1.807, 2.05) is 12.3 Å². The molecule has 1 atom stereocenters. The van der Waals surface area contributed by atoms with Crippen molar-refractivity contribution in [3.8, 4) is 11.5 Å². The molecule has 1 N–H and O–H groups in total. The molecule has 0 unspecified atom stereocenters. The first-order chi connectivity index (χ1) is 11.5. The second kappa shape index (κ2) is 8.33. The maximum absolute atomic E-state index is 14.2. The van der Waals surface area contributed by atoms with Gasteiger partial charge in [0.15, 0.2) is 11.5 Å². The number of carbonyl (C=O) groups excluding carboxylic acids is 1. The third-order valence-corrected chi connectivity index (χ3v) is 3.70. The molecule has 6 nitrogen and oxygen atoms in total. The quantitative estimate of drug-likeness (QED) is 0.805. The van der Waals surface area contributed by atoms with E-state index < -0.39 is 11.9 Å². The van der Waals surface area contributed by atoms with Crippen LogP contribution in [-0.4, -0.2) is 29.9 Å². The minimum Gasteiger partial charge on any atom is -0.493 e. The third kappa shape index (κ3) is 4.47. The van der Waals surface area contributed by atoms with Gasteiger partial charge in [0.25, 0.3) is 0 Å². The number of methoxy groups -OCH3 is 2. The summed E-state index contributed by atoms with van der Waals surface area (Å²) in [4.78, 5) is 12.0. The molecule has 0 spiro atoms. The van der Waals surface area contributed by atoms with Gasteiger partial charge in [-0.15, -0.1) is 0 Å². The first-order valence-corrected chi connectivity index (χ1v) is 7.73. The minimum atomic E-state index is -0.470. The van der Waals surface area contributed by atoms with Crippen molar-refractivity contribution >= 4 is 5.91 Å². The van der Waals surface area contributed by atoms with Gasteiger partial charge < -0.3 is 14.8 Å². The van der Waals surface area contributed by atoms with Gasteiger partial charge in [0, 0.05) is 37.0 Å². The minimum absolute atomic E-state index is 0.135. The lowest BCUT2D eigenvalue weighted by Gasteiger charge is -2.17. The Labute approximate surface area is 140 Å². The van der Waals surface area contributed by atoms with Crippen LogP contribution in [0, 0.1) is 5.82 Å². The second-order valence-corrected chi connectivity index (χ2v) is 5.39. The third-order valence-electron chi connectivity index (χ3n) is 3.70. The van der Waals surface area contributed by atoms with Gasteiger partial charge >= 0.3 is 0 Å². The Bertz CT molecular complexity index is 674. The van der Waals surface area contributed by atoms with Crippen molar-refractivity contribution in [3.05, 3.63) is 42.0 Å². The second-order valence-electron chi connectivity index (χ2n) is 5.39.